The van der Waals surface area contributed by atoms with Crippen molar-refractivity contribution in [3.8, 4) is 0 Å². The summed E-state index contributed by atoms with van der Waals surface area (Å²) < 4.78 is 0. The highest BCUT2D eigenvalue weighted by Crippen LogP contribution is 2.07. The Bertz CT molecular complexity index is 380. The van der Waals surface area contributed by atoms with Gasteiger partial charge < -0.3 is 5.23 Å². The maximum absolute atomic E-state index is 11.4. The van der Waals surface area contributed by atoms with E-state index in [9.17, 15) is 4.79 Å². The molecule has 96 valence electrons. The predicted molar refractivity (Wildman–Crippen MR) is 82.5 cm³/mol. The SMILES string of the molecule is BCCC(=O)NBc1cccc(CCC(C)C)c1. The van der Waals surface area contributed by atoms with Crippen molar-refractivity contribution >= 4 is 26.6 Å². The fourth-order valence-corrected chi connectivity index (χ4v) is 1.87. The van der Waals surface area contributed by atoms with E-state index >= 15 is 0 Å². The molecule has 1 aromatic rings. The van der Waals surface area contributed by atoms with E-state index in [4.69, 9.17) is 0 Å². The molecule has 0 heterocycles. The Hall–Kier alpha value is -1.18. The Labute approximate surface area is 112 Å². The van der Waals surface area contributed by atoms with Gasteiger partial charge in [0.25, 0.3) is 7.41 Å². The highest BCUT2D eigenvalue weighted by Gasteiger charge is 2.03. The molecule has 0 radical (unpaired) electrons. The number of benzene rings is 1. The highest BCUT2D eigenvalue weighted by atomic mass is 16.1. The number of rotatable bonds is 7. The van der Waals surface area contributed by atoms with Crippen LogP contribution in [-0.4, -0.2) is 21.2 Å². The molecule has 0 aromatic heterocycles. The van der Waals surface area contributed by atoms with Crippen LogP contribution in [0.3, 0.4) is 0 Å². The van der Waals surface area contributed by atoms with Crippen molar-refractivity contribution < 1.29 is 4.79 Å². The molecule has 1 amide bonds. The lowest BCUT2D eigenvalue weighted by molar-refractivity contribution is -0.119. The highest BCUT2D eigenvalue weighted by molar-refractivity contribution is 6.53. The van der Waals surface area contributed by atoms with E-state index in [1.54, 1.807) is 0 Å². The molecule has 2 nitrogen and oxygen atoms in total. The monoisotopic (exact) mass is 243 g/mol. The summed E-state index contributed by atoms with van der Waals surface area (Å²) in [6, 6.07) is 8.52. The van der Waals surface area contributed by atoms with Crippen molar-refractivity contribution in [2.75, 3.05) is 0 Å². The van der Waals surface area contributed by atoms with Gasteiger partial charge in [0.05, 0.1) is 0 Å². The Balaban J connectivity index is 2.46. The van der Waals surface area contributed by atoms with Crippen molar-refractivity contribution in [3.63, 3.8) is 0 Å². The van der Waals surface area contributed by atoms with Crippen LogP contribution in [-0.2, 0) is 11.2 Å². The van der Waals surface area contributed by atoms with Crippen LogP contribution in [0.4, 0.5) is 0 Å². The third-order valence-corrected chi connectivity index (χ3v) is 2.97. The Morgan fingerprint density at radius 2 is 2.22 bits per heavy atom. The number of hydrogen-bond acceptors (Lipinski definition) is 1. The van der Waals surface area contributed by atoms with Crippen molar-refractivity contribution in [1.82, 2.24) is 5.23 Å². The molecular weight excluding hydrogens is 220 g/mol. The van der Waals surface area contributed by atoms with E-state index in [2.05, 4.69) is 43.3 Å². The summed E-state index contributed by atoms with van der Waals surface area (Å²) in [5.41, 5.74) is 2.56. The molecule has 1 aromatic carbocycles. The predicted octanol–water partition coefficient (Wildman–Crippen LogP) is 0.810. The number of amides is 1. The lowest BCUT2D eigenvalue weighted by Crippen LogP contribution is -2.35. The van der Waals surface area contributed by atoms with Gasteiger partial charge in [-0.1, -0.05) is 49.9 Å². The summed E-state index contributed by atoms with van der Waals surface area (Å²) in [6.07, 6.45) is 3.85. The van der Waals surface area contributed by atoms with Gasteiger partial charge in [-0.05, 0) is 24.3 Å². The van der Waals surface area contributed by atoms with Crippen LogP contribution in [0.5, 0.6) is 0 Å². The molecule has 0 aliphatic carbocycles. The topological polar surface area (TPSA) is 29.1 Å². The van der Waals surface area contributed by atoms with Gasteiger partial charge in [-0.3, -0.25) is 4.79 Å². The molecule has 0 bridgehead atoms. The summed E-state index contributed by atoms with van der Waals surface area (Å²) >= 11 is 0. The van der Waals surface area contributed by atoms with Crippen molar-refractivity contribution in [2.24, 2.45) is 5.92 Å². The standard InChI is InChI=1S/C14H23B2NO/c1-11(2)6-7-12-4-3-5-13(10-12)16-17-14(18)8-9-15/h3-5,10-11,16H,6-9,15H2,1-2H3,(H,17,18). The molecule has 1 rings (SSSR count). The van der Waals surface area contributed by atoms with Crippen molar-refractivity contribution in [1.29, 1.82) is 0 Å². The molecule has 1 N–H and O–H groups in total. The van der Waals surface area contributed by atoms with E-state index < -0.39 is 0 Å². The number of hydrogen-bond donors (Lipinski definition) is 1. The number of nitrogens with one attached hydrogen (secondary N) is 1. The van der Waals surface area contributed by atoms with E-state index in [1.165, 1.54) is 17.4 Å². The molecule has 0 saturated carbocycles. The summed E-state index contributed by atoms with van der Waals surface area (Å²) in [6.45, 7) is 4.49. The van der Waals surface area contributed by atoms with Crippen LogP contribution < -0.4 is 10.7 Å². The Morgan fingerprint density at radius 1 is 1.44 bits per heavy atom. The van der Waals surface area contributed by atoms with Crippen LogP contribution in [0.1, 0.15) is 32.3 Å². The fourth-order valence-electron chi connectivity index (χ4n) is 1.87. The summed E-state index contributed by atoms with van der Waals surface area (Å²) in [7, 11) is 2.67. The maximum atomic E-state index is 11.4. The molecule has 4 heteroatoms. The summed E-state index contributed by atoms with van der Waals surface area (Å²) in [4.78, 5) is 11.4. The molecule has 0 fully saturated rings. The lowest BCUT2D eigenvalue weighted by atomic mass is 9.81. The molecule has 0 unspecified atom stereocenters. The van der Waals surface area contributed by atoms with Gasteiger partial charge in [0.2, 0.25) is 5.91 Å². The zero-order valence-corrected chi connectivity index (χ0v) is 11.8. The second-order valence-electron chi connectivity index (χ2n) is 5.28. The van der Waals surface area contributed by atoms with Gasteiger partial charge in [0, 0.05) is 6.42 Å². The first-order valence-electron chi connectivity index (χ1n) is 6.96. The molecule has 0 aliphatic rings. The third kappa shape index (κ3) is 5.94. The number of carbonyl (C=O) groups is 1. The van der Waals surface area contributed by atoms with E-state index in [0.29, 0.717) is 13.8 Å². The van der Waals surface area contributed by atoms with Gasteiger partial charge in [-0.15, -0.1) is 0 Å². The van der Waals surface area contributed by atoms with E-state index in [1.807, 2.05) is 7.85 Å². The molecule has 18 heavy (non-hydrogen) atoms. The molecule has 0 saturated heterocycles. The lowest BCUT2D eigenvalue weighted by Gasteiger charge is -2.07. The first-order chi connectivity index (χ1) is 8.61. The van der Waals surface area contributed by atoms with Gasteiger partial charge in [-0.25, -0.2) is 0 Å². The zero-order chi connectivity index (χ0) is 13.4. The van der Waals surface area contributed by atoms with Gasteiger partial charge in [0.15, 0.2) is 0 Å². The average Bonchev–Trinajstić information content (AvgIpc) is 2.35. The first-order valence-corrected chi connectivity index (χ1v) is 6.96. The van der Waals surface area contributed by atoms with Crippen molar-refractivity contribution in [2.45, 2.75) is 39.4 Å². The summed E-state index contributed by atoms with van der Waals surface area (Å²) in [5, 5.41) is 2.95. The minimum atomic E-state index is 0.144. The van der Waals surface area contributed by atoms with E-state index in [-0.39, 0.29) is 5.91 Å². The van der Waals surface area contributed by atoms with Crippen LogP contribution in [0.25, 0.3) is 0 Å². The normalized spacial score (nSPS) is 10.4. The van der Waals surface area contributed by atoms with E-state index in [0.717, 1.165) is 18.7 Å². The minimum Gasteiger partial charge on any atom is -0.398 e. The molecule has 0 spiro atoms. The second-order valence-corrected chi connectivity index (χ2v) is 5.28. The molecular formula is C14H23B2NO. The fraction of sp³-hybridized carbons (Fsp3) is 0.500. The van der Waals surface area contributed by atoms with Crippen LogP contribution in [0, 0.1) is 5.92 Å². The Morgan fingerprint density at radius 3 is 2.89 bits per heavy atom. The van der Waals surface area contributed by atoms with Gasteiger partial charge in [-0.2, -0.15) is 0 Å². The smallest absolute Gasteiger partial charge is 0.269 e. The third-order valence-electron chi connectivity index (χ3n) is 2.97. The Kier molecular flexibility index (Phi) is 6.63. The minimum absolute atomic E-state index is 0.144. The van der Waals surface area contributed by atoms with Gasteiger partial charge >= 0.3 is 0 Å². The molecule has 0 atom stereocenters. The second kappa shape index (κ2) is 8.02. The largest absolute Gasteiger partial charge is 0.398 e. The van der Waals surface area contributed by atoms with Crippen LogP contribution >= 0.6 is 0 Å². The quantitative estimate of drug-likeness (QED) is 0.705. The van der Waals surface area contributed by atoms with Gasteiger partial charge in [0.1, 0.15) is 7.85 Å². The summed E-state index contributed by atoms with van der Waals surface area (Å²) in [5.74, 6) is 0.878. The molecule has 0 aliphatic heterocycles. The van der Waals surface area contributed by atoms with Crippen LogP contribution in [0.2, 0.25) is 6.32 Å². The maximum Gasteiger partial charge on any atom is 0.269 e. The van der Waals surface area contributed by atoms with Crippen molar-refractivity contribution in [3.05, 3.63) is 29.8 Å². The number of carbonyl (C=O) groups excluding carboxylic acids is 1. The zero-order valence-electron chi connectivity index (χ0n) is 11.8. The number of aryl methyl sites for hydroxylation is 1. The first kappa shape index (κ1) is 14.9. The van der Waals surface area contributed by atoms with Crippen LogP contribution in [0.15, 0.2) is 24.3 Å². The average molecular weight is 243 g/mol.